The van der Waals surface area contributed by atoms with Gasteiger partial charge in [0.05, 0.1) is 17.9 Å². The minimum Gasteiger partial charge on any atom is -0.462 e. The molecule has 0 aliphatic carbocycles. The Balaban J connectivity index is 2.02. The largest absolute Gasteiger partial charge is 0.462 e. The molecule has 0 radical (unpaired) electrons. The van der Waals surface area contributed by atoms with Crippen molar-refractivity contribution in [2.24, 2.45) is 5.92 Å². The van der Waals surface area contributed by atoms with Crippen molar-refractivity contribution in [2.45, 2.75) is 12.8 Å². The molecule has 110 valence electrons. The number of hydrogen-bond acceptors (Lipinski definition) is 5. The molecule has 0 saturated carbocycles. The Hall–Kier alpha value is -1.75. The molecule has 0 amide bonds. The number of carbonyl (C=O) groups excluding carboxylic acids is 1. The number of esters is 1. The minimum atomic E-state index is -0.313. The lowest BCUT2D eigenvalue weighted by molar-refractivity contribution is 0.0186. The van der Waals surface area contributed by atoms with Gasteiger partial charge in [0.1, 0.15) is 0 Å². The summed E-state index contributed by atoms with van der Waals surface area (Å²) >= 11 is 0. The minimum absolute atomic E-state index is 0.313. The normalized spacial score (nSPS) is 15.9. The lowest BCUT2D eigenvalue weighted by atomic mass is 10.0. The van der Waals surface area contributed by atoms with E-state index in [4.69, 9.17) is 15.2 Å². The molecule has 0 unspecified atom stereocenters. The Morgan fingerprint density at radius 1 is 1.40 bits per heavy atom. The highest BCUT2D eigenvalue weighted by atomic mass is 16.5. The highest BCUT2D eigenvalue weighted by Gasteiger charge is 2.19. The van der Waals surface area contributed by atoms with Crippen molar-refractivity contribution in [1.82, 2.24) is 0 Å². The molecule has 2 N–H and O–H groups in total. The third kappa shape index (κ3) is 3.63. The quantitative estimate of drug-likeness (QED) is 0.673. The van der Waals surface area contributed by atoms with Gasteiger partial charge < -0.3 is 20.1 Å². The van der Waals surface area contributed by atoms with Crippen molar-refractivity contribution in [3.05, 3.63) is 23.8 Å². The molecule has 5 nitrogen and oxygen atoms in total. The Morgan fingerprint density at radius 2 is 2.10 bits per heavy atom. The molecular formula is C15H22N2O3. The molecule has 1 aromatic carbocycles. The molecule has 1 saturated heterocycles. The molecule has 5 heteroatoms. The van der Waals surface area contributed by atoms with E-state index in [2.05, 4.69) is 0 Å². The Bertz CT molecular complexity index is 468. The molecule has 1 fully saturated rings. The van der Waals surface area contributed by atoms with Crippen LogP contribution in [0, 0.1) is 5.92 Å². The van der Waals surface area contributed by atoms with Crippen LogP contribution in [0.2, 0.25) is 0 Å². The SMILES string of the molecule is CN(C)c1ccc(N)cc1C(=O)OCC1CCOCC1. The highest BCUT2D eigenvalue weighted by molar-refractivity contribution is 5.96. The topological polar surface area (TPSA) is 64.8 Å². The number of carbonyl (C=O) groups is 1. The maximum Gasteiger partial charge on any atom is 0.340 e. The number of nitrogen functional groups attached to an aromatic ring is 1. The van der Waals surface area contributed by atoms with Gasteiger partial charge in [-0.1, -0.05) is 0 Å². The molecular weight excluding hydrogens is 256 g/mol. The van der Waals surface area contributed by atoms with Crippen molar-refractivity contribution >= 4 is 17.3 Å². The maximum absolute atomic E-state index is 12.2. The molecule has 0 bridgehead atoms. The first kappa shape index (κ1) is 14.7. The fourth-order valence-electron chi connectivity index (χ4n) is 2.29. The summed E-state index contributed by atoms with van der Waals surface area (Å²) in [6, 6.07) is 5.28. The van der Waals surface area contributed by atoms with E-state index in [1.54, 1.807) is 12.1 Å². The van der Waals surface area contributed by atoms with Crippen LogP contribution in [-0.2, 0) is 9.47 Å². The van der Waals surface area contributed by atoms with Gasteiger partial charge in [0, 0.05) is 33.0 Å². The zero-order valence-electron chi connectivity index (χ0n) is 12.1. The smallest absolute Gasteiger partial charge is 0.340 e. The number of hydrogen-bond donors (Lipinski definition) is 1. The van der Waals surface area contributed by atoms with Crippen LogP contribution >= 0.6 is 0 Å². The first-order valence-electron chi connectivity index (χ1n) is 6.89. The molecule has 1 aliphatic rings. The predicted molar refractivity (Wildman–Crippen MR) is 79.0 cm³/mol. The van der Waals surface area contributed by atoms with E-state index in [1.165, 1.54) is 0 Å². The van der Waals surface area contributed by atoms with Gasteiger partial charge >= 0.3 is 5.97 Å². The van der Waals surface area contributed by atoms with Crippen LogP contribution < -0.4 is 10.6 Å². The zero-order valence-corrected chi connectivity index (χ0v) is 12.1. The predicted octanol–water partition coefficient (Wildman–Crippen LogP) is 1.92. The average molecular weight is 278 g/mol. The molecule has 2 rings (SSSR count). The van der Waals surface area contributed by atoms with E-state index in [-0.39, 0.29) is 5.97 Å². The van der Waals surface area contributed by atoms with Gasteiger partial charge in [0.2, 0.25) is 0 Å². The van der Waals surface area contributed by atoms with Crippen LogP contribution in [0.1, 0.15) is 23.2 Å². The van der Waals surface area contributed by atoms with Gasteiger partial charge in [0.15, 0.2) is 0 Å². The zero-order chi connectivity index (χ0) is 14.5. The number of benzene rings is 1. The molecule has 0 atom stereocenters. The van der Waals surface area contributed by atoms with E-state index < -0.39 is 0 Å². The van der Waals surface area contributed by atoms with E-state index in [9.17, 15) is 4.79 Å². The van der Waals surface area contributed by atoms with Crippen LogP contribution in [0.3, 0.4) is 0 Å². The Labute approximate surface area is 119 Å². The Morgan fingerprint density at radius 3 is 2.75 bits per heavy atom. The number of anilines is 2. The summed E-state index contributed by atoms with van der Waals surface area (Å²) in [4.78, 5) is 14.1. The molecule has 0 aromatic heterocycles. The second-order valence-corrected chi connectivity index (χ2v) is 5.33. The van der Waals surface area contributed by atoms with Gasteiger partial charge in [0.25, 0.3) is 0 Å². The first-order valence-corrected chi connectivity index (χ1v) is 6.89. The monoisotopic (exact) mass is 278 g/mol. The van der Waals surface area contributed by atoms with Crippen molar-refractivity contribution in [3.8, 4) is 0 Å². The van der Waals surface area contributed by atoms with Crippen molar-refractivity contribution < 1.29 is 14.3 Å². The number of ether oxygens (including phenoxy) is 2. The van der Waals surface area contributed by atoms with Gasteiger partial charge in [-0.3, -0.25) is 0 Å². The summed E-state index contributed by atoms with van der Waals surface area (Å²) in [5.41, 5.74) is 7.66. The van der Waals surface area contributed by atoms with E-state index in [1.807, 2.05) is 25.1 Å². The number of nitrogens with two attached hydrogens (primary N) is 1. The molecule has 20 heavy (non-hydrogen) atoms. The van der Waals surface area contributed by atoms with E-state index in [0.717, 1.165) is 31.7 Å². The molecule has 1 aliphatic heterocycles. The Kier molecular flexibility index (Phi) is 4.84. The number of nitrogens with zero attached hydrogens (tertiary/aromatic N) is 1. The van der Waals surface area contributed by atoms with E-state index in [0.29, 0.717) is 23.8 Å². The third-order valence-corrected chi connectivity index (χ3v) is 3.51. The average Bonchev–Trinajstić information content (AvgIpc) is 2.45. The second-order valence-electron chi connectivity index (χ2n) is 5.33. The summed E-state index contributed by atoms with van der Waals surface area (Å²) in [5.74, 6) is 0.0871. The fourth-order valence-corrected chi connectivity index (χ4v) is 2.29. The van der Waals surface area contributed by atoms with Crippen molar-refractivity contribution in [2.75, 3.05) is 44.5 Å². The highest BCUT2D eigenvalue weighted by Crippen LogP contribution is 2.23. The maximum atomic E-state index is 12.2. The second kappa shape index (κ2) is 6.61. The molecule has 1 aromatic rings. The molecule has 0 spiro atoms. The van der Waals surface area contributed by atoms with Crippen LogP contribution in [0.15, 0.2) is 18.2 Å². The van der Waals surface area contributed by atoms with Crippen molar-refractivity contribution in [3.63, 3.8) is 0 Å². The van der Waals surface area contributed by atoms with Crippen LogP contribution in [0.5, 0.6) is 0 Å². The summed E-state index contributed by atoms with van der Waals surface area (Å²) in [5, 5.41) is 0. The lowest BCUT2D eigenvalue weighted by Crippen LogP contribution is -2.23. The fraction of sp³-hybridized carbons (Fsp3) is 0.533. The van der Waals surface area contributed by atoms with Gasteiger partial charge in [-0.05, 0) is 37.0 Å². The van der Waals surface area contributed by atoms with Crippen LogP contribution in [0.4, 0.5) is 11.4 Å². The first-order chi connectivity index (χ1) is 9.58. The van der Waals surface area contributed by atoms with Gasteiger partial charge in [-0.15, -0.1) is 0 Å². The third-order valence-electron chi connectivity index (χ3n) is 3.51. The lowest BCUT2D eigenvalue weighted by Gasteiger charge is -2.22. The standard InChI is InChI=1S/C15H22N2O3/c1-17(2)14-4-3-12(16)9-13(14)15(18)20-10-11-5-7-19-8-6-11/h3-4,9,11H,5-8,10,16H2,1-2H3. The van der Waals surface area contributed by atoms with Crippen molar-refractivity contribution in [1.29, 1.82) is 0 Å². The summed E-state index contributed by atoms with van der Waals surface area (Å²) in [6.45, 7) is 1.96. The van der Waals surface area contributed by atoms with Gasteiger partial charge in [-0.25, -0.2) is 4.79 Å². The van der Waals surface area contributed by atoms with Crippen LogP contribution in [-0.4, -0.2) is 39.9 Å². The molecule has 1 heterocycles. The van der Waals surface area contributed by atoms with E-state index >= 15 is 0 Å². The number of rotatable bonds is 4. The van der Waals surface area contributed by atoms with Gasteiger partial charge in [-0.2, -0.15) is 0 Å². The van der Waals surface area contributed by atoms with Crippen LogP contribution in [0.25, 0.3) is 0 Å². The summed E-state index contributed by atoms with van der Waals surface area (Å²) in [6.07, 6.45) is 1.90. The summed E-state index contributed by atoms with van der Waals surface area (Å²) < 4.78 is 10.7. The summed E-state index contributed by atoms with van der Waals surface area (Å²) in [7, 11) is 3.78.